The second kappa shape index (κ2) is 7.40. The average Bonchev–Trinajstić information content (AvgIpc) is 2.77. The van der Waals surface area contributed by atoms with Gasteiger partial charge in [-0.3, -0.25) is 9.59 Å². The summed E-state index contributed by atoms with van der Waals surface area (Å²) in [5.74, 6) is -2.99. The summed E-state index contributed by atoms with van der Waals surface area (Å²) in [5.41, 5.74) is 0.293. The smallest absolute Gasteiger partial charge is 0.405 e. The number of carbonyl (C=O) groups is 3. The fourth-order valence-corrected chi connectivity index (χ4v) is 2.47. The van der Waals surface area contributed by atoms with Gasteiger partial charge in [0, 0.05) is 0 Å². The third-order valence-corrected chi connectivity index (χ3v) is 3.89. The van der Waals surface area contributed by atoms with Crippen molar-refractivity contribution in [2.75, 3.05) is 6.54 Å². The van der Waals surface area contributed by atoms with E-state index in [2.05, 4.69) is 10.3 Å². The lowest BCUT2D eigenvalue weighted by molar-refractivity contribution is -0.140. The summed E-state index contributed by atoms with van der Waals surface area (Å²) in [7, 11) is 0. The first-order chi connectivity index (χ1) is 10.5. The molecule has 128 valence electrons. The molecule has 7 nitrogen and oxygen atoms in total. The van der Waals surface area contributed by atoms with Gasteiger partial charge in [0.15, 0.2) is 0 Å². The first-order valence-electron chi connectivity index (χ1n) is 6.33. The van der Waals surface area contributed by atoms with Crippen molar-refractivity contribution >= 4 is 29.1 Å². The molecular formula is C12H14F3N3O4S. The number of hydrogen-bond acceptors (Lipinski definition) is 5. The van der Waals surface area contributed by atoms with E-state index in [4.69, 9.17) is 5.11 Å². The SMILES string of the molecule is Cc1nc(C(C)NC(=O)CC(=O)NCC(F)(F)F)sc1C(=O)O. The Morgan fingerprint density at radius 1 is 1.30 bits per heavy atom. The summed E-state index contributed by atoms with van der Waals surface area (Å²) in [6, 6.07) is -0.672. The Labute approximate surface area is 132 Å². The van der Waals surface area contributed by atoms with Crippen LogP contribution in [-0.4, -0.2) is 40.6 Å². The minimum atomic E-state index is -4.55. The fraction of sp³-hybridized carbons (Fsp3) is 0.500. The molecule has 0 aliphatic rings. The van der Waals surface area contributed by atoms with Crippen LogP contribution in [0.25, 0.3) is 0 Å². The highest BCUT2D eigenvalue weighted by Gasteiger charge is 2.28. The number of nitrogens with one attached hydrogen (secondary N) is 2. The molecule has 0 saturated heterocycles. The number of nitrogens with zero attached hydrogens (tertiary/aromatic N) is 1. The molecule has 0 bridgehead atoms. The molecule has 23 heavy (non-hydrogen) atoms. The molecule has 1 atom stereocenters. The van der Waals surface area contributed by atoms with Crippen molar-refractivity contribution < 1.29 is 32.7 Å². The van der Waals surface area contributed by atoms with Gasteiger partial charge in [-0.15, -0.1) is 11.3 Å². The standard InChI is InChI=1S/C12H14F3N3O4S/c1-5-9(11(21)22)23-10(18-5)6(2)17-8(20)3-7(19)16-4-12(13,14)15/h6H,3-4H2,1-2H3,(H,16,19)(H,17,20)(H,21,22). The molecule has 2 amide bonds. The van der Waals surface area contributed by atoms with Crippen LogP contribution in [0, 0.1) is 6.92 Å². The predicted octanol–water partition coefficient (Wildman–Crippen LogP) is 1.40. The van der Waals surface area contributed by atoms with E-state index in [0.717, 1.165) is 11.3 Å². The largest absolute Gasteiger partial charge is 0.477 e. The van der Waals surface area contributed by atoms with E-state index < -0.39 is 43.0 Å². The number of carbonyl (C=O) groups excluding carboxylic acids is 2. The molecule has 1 rings (SSSR count). The summed E-state index contributed by atoms with van der Waals surface area (Å²) in [5, 5.41) is 13.2. The lowest BCUT2D eigenvalue weighted by atomic mass is 10.3. The molecule has 0 aliphatic carbocycles. The van der Waals surface area contributed by atoms with Crippen LogP contribution in [-0.2, 0) is 9.59 Å². The quantitative estimate of drug-likeness (QED) is 0.670. The molecule has 0 saturated carbocycles. The molecule has 0 aromatic carbocycles. The molecule has 3 N–H and O–H groups in total. The normalized spacial score (nSPS) is 12.6. The van der Waals surface area contributed by atoms with Crippen LogP contribution in [0.3, 0.4) is 0 Å². The van der Waals surface area contributed by atoms with Crippen molar-refractivity contribution in [3.8, 4) is 0 Å². The lowest BCUT2D eigenvalue weighted by Crippen LogP contribution is -2.37. The monoisotopic (exact) mass is 353 g/mol. The number of alkyl halides is 3. The second-order valence-corrected chi connectivity index (χ2v) is 5.66. The number of thiazole rings is 1. The number of amides is 2. The van der Waals surface area contributed by atoms with Gasteiger partial charge in [0.05, 0.1) is 11.7 Å². The van der Waals surface area contributed by atoms with Gasteiger partial charge in [0.25, 0.3) is 0 Å². The maximum atomic E-state index is 11.9. The summed E-state index contributed by atoms with van der Waals surface area (Å²) >= 11 is 0.876. The molecule has 1 heterocycles. The van der Waals surface area contributed by atoms with Crippen molar-refractivity contribution in [3.05, 3.63) is 15.6 Å². The Hall–Kier alpha value is -2.17. The number of aryl methyl sites for hydroxylation is 1. The number of carboxylic acid groups (broad SMARTS) is 1. The van der Waals surface area contributed by atoms with Crippen LogP contribution >= 0.6 is 11.3 Å². The fourth-order valence-electron chi connectivity index (χ4n) is 1.56. The van der Waals surface area contributed by atoms with Crippen molar-refractivity contribution in [1.29, 1.82) is 0 Å². The maximum Gasteiger partial charge on any atom is 0.405 e. The zero-order valence-electron chi connectivity index (χ0n) is 12.2. The molecule has 1 aromatic heterocycles. The van der Waals surface area contributed by atoms with E-state index in [-0.39, 0.29) is 4.88 Å². The van der Waals surface area contributed by atoms with E-state index in [1.54, 1.807) is 5.32 Å². The van der Waals surface area contributed by atoms with Gasteiger partial charge in [-0.2, -0.15) is 13.2 Å². The molecule has 11 heteroatoms. The lowest BCUT2D eigenvalue weighted by Gasteiger charge is -2.12. The number of halogens is 3. The first kappa shape index (κ1) is 18.9. The van der Waals surface area contributed by atoms with Gasteiger partial charge in [0.2, 0.25) is 11.8 Å². The van der Waals surface area contributed by atoms with Crippen molar-refractivity contribution in [1.82, 2.24) is 15.6 Å². The van der Waals surface area contributed by atoms with E-state index in [0.29, 0.717) is 10.7 Å². The summed E-state index contributed by atoms with van der Waals surface area (Å²) in [4.78, 5) is 37.8. The van der Waals surface area contributed by atoms with E-state index in [1.165, 1.54) is 13.8 Å². The van der Waals surface area contributed by atoms with Crippen LogP contribution in [0.15, 0.2) is 0 Å². The highest BCUT2D eigenvalue weighted by Crippen LogP contribution is 2.23. The highest BCUT2D eigenvalue weighted by molar-refractivity contribution is 7.13. The zero-order chi connectivity index (χ0) is 17.8. The van der Waals surface area contributed by atoms with Crippen molar-refractivity contribution in [3.63, 3.8) is 0 Å². The third kappa shape index (κ3) is 6.22. The number of aromatic carboxylic acids is 1. The van der Waals surface area contributed by atoms with Crippen LogP contribution in [0.1, 0.15) is 39.8 Å². The van der Waals surface area contributed by atoms with Gasteiger partial charge in [-0.05, 0) is 13.8 Å². The van der Waals surface area contributed by atoms with Crippen LogP contribution < -0.4 is 10.6 Å². The minimum absolute atomic E-state index is 0.0315. The van der Waals surface area contributed by atoms with Gasteiger partial charge < -0.3 is 15.7 Å². The zero-order valence-corrected chi connectivity index (χ0v) is 13.0. The molecule has 0 radical (unpaired) electrons. The van der Waals surface area contributed by atoms with E-state index in [1.807, 2.05) is 0 Å². The average molecular weight is 353 g/mol. The highest BCUT2D eigenvalue weighted by atomic mass is 32.1. The van der Waals surface area contributed by atoms with E-state index in [9.17, 15) is 27.6 Å². The Bertz CT molecular complexity index is 615. The first-order valence-corrected chi connectivity index (χ1v) is 7.14. The second-order valence-electron chi connectivity index (χ2n) is 4.63. The van der Waals surface area contributed by atoms with E-state index >= 15 is 0 Å². The molecular weight excluding hydrogens is 339 g/mol. The summed E-state index contributed by atoms with van der Waals surface area (Å²) in [6.07, 6.45) is -5.32. The number of carboxylic acids is 1. The predicted molar refractivity (Wildman–Crippen MR) is 74.0 cm³/mol. The van der Waals surface area contributed by atoms with Gasteiger partial charge >= 0.3 is 12.1 Å². The molecule has 1 unspecified atom stereocenters. The number of aromatic nitrogens is 1. The van der Waals surface area contributed by atoms with Crippen LogP contribution in [0.2, 0.25) is 0 Å². The van der Waals surface area contributed by atoms with Crippen molar-refractivity contribution in [2.45, 2.75) is 32.5 Å². The summed E-state index contributed by atoms with van der Waals surface area (Å²) < 4.78 is 35.8. The molecule has 0 fully saturated rings. The Kier molecular flexibility index (Phi) is 6.07. The molecule has 0 aliphatic heterocycles. The Morgan fingerprint density at radius 3 is 2.39 bits per heavy atom. The number of rotatable bonds is 6. The van der Waals surface area contributed by atoms with Crippen LogP contribution in [0.4, 0.5) is 13.2 Å². The molecule has 0 spiro atoms. The Balaban J connectivity index is 2.55. The Morgan fingerprint density at radius 2 is 1.91 bits per heavy atom. The minimum Gasteiger partial charge on any atom is -0.477 e. The maximum absolute atomic E-state index is 11.9. The van der Waals surface area contributed by atoms with Gasteiger partial charge in [-0.25, -0.2) is 9.78 Å². The van der Waals surface area contributed by atoms with Gasteiger partial charge in [0.1, 0.15) is 22.9 Å². The topological polar surface area (TPSA) is 108 Å². The van der Waals surface area contributed by atoms with Crippen LogP contribution in [0.5, 0.6) is 0 Å². The third-order valence-electron chi connectivity index (χ3n) is 2.56. The number of hydrogen-bond donors (Lipinski definition) is 3. The molecule has 1 aromatic rings. The van der Waals surface area contributed by atoms with Gasteiger partial charge in [-0.1, -0.05) is 0 Å². The summed E-state index contributed by atoms with van der Waals surface area (Å²) in [6.45, 7) is 1.51. The van der Waals surface area contributed by atoms with Crippen molar-refractivity contribution in [2.24, 2.45) is 0 Å².